The highest BCUT2D eigenvalue weighted by atomic mass is 19.1. The van der Waals surface area contributed by atoms with Crippen LogP contribution in [0.15, 0.2) is 36.5 Å². The number of aromatic nitrogens is 4. The molecule has 10 heteroatoms. The van der Waals surface area contributed by atoms with Crippen molar-refractivity contribution in [2.45, 2.75) is 63.1 Å². The second kappa shape index (κ2) is 10.3. The van der Waals surface area contributed by atoms with E-state index in [9.17, 15) is 0 Å². The average molecular weight is 634 g/mol. The third-order valence-corrected chi connectivity index (χ3v) is 11.2. The SMILES string of the molecule is C#Cc1cccc2cc3[nH]ncc3c(-c3c(F)cc4c(N5CC6CC[C@@](C)(C5)N6)nc(OC[C@@]56CCCN5C[C@H](C)C6)nc4c3F)c12. The molecule has 2 bridgehead atoms. The number of hydrogen-bond donors (Lipinski definition) is 2. The van der Waals surface area contributed by atoms with Crippen molar-refractivity contribution in [3.63, 3.8) is 0 Å². The number of ether oxygens (including phenoxy) is 1. The summed E-state index contributed by atoms with van der Waals surface area (Å²) in [6.45, 7) is 8.39. The molecule has 9 rings (SSSR count). The monoisotopic (exact) mass is 633 g/mol. The molecule has 4 fully saturated rings. The number of hydrogen-bond acceptors (Lipinski definition) is 7. The maximum Gasteiger partial charge on any atom is 0.319 e. The lowest BCUT2D eigenvalue weighted by Gasteiger charge is -2.40. The van der Waals surface area contributed by atoms with E-state index in [1.807, 2.05) is 18.2 Å². The summed E-state index contributed by atoms with van der Waals surface area (Å²) in [5.41, 5.74) is 1.23. The molecule has 4 saturated heterocycles. The van der Waals surface area contributed by atoms with Crippen LogP contribution >= 0.6 is 0 Å². The maximum absolute atomic E-state index is 17.3. The first-order valence-corrected chi connectivity index (χ1v) is 16.7. The molecular weight excluding hydrogens is 596 g/mol. The van der Waals surface area contributed by atoms with E-state index in [2.05, 4.69) is 45.1 Å². The van der Waals surface area contributed by atoms with Crippen LogP contribution in [0.4, 0.5) is 14.6 Å². The van der Waals surface area contributed by atoms with Crippen LogP contribution in [-0.2, 0) is 0 Å². The molecule has 2 aromatic heterocycles. The van der Waals surface area contributed by atoms with Crippen molar-refractivity contribution >= 4 is 38.4 Å². The van der Waals surface area contributed by atoms with Crippen LogP contribution in [0.2, 0.25) is 0 Å². The second-order valence-electron chi connectivity index (χ2n) is 14.6. The van der Waals surface area contributed by atoms with Gasteiger partial charge in [-0.3, -0.25) is 10.00 Å². The predicted molar refractivity (Wildman–Crippen MR) is 180 cm³/mol. The van der Waals surface area contributed by atoms with E-state index < -0.39 is 11.6 Å². The molecule has 0 aliphatic carbocycles. The summed E-state index contributed by atoms with van der Waals surface area (Å²) in [6, 6.07) is 9.20. The Labute approximate surface area is 271 Å². The third-order valence-electron chi connectivity index (χ3n) is 11.2. The molecule has 0 spiro atoms. The van der Waals surface area contributed by atoms with Gasteiger partial charge in [-0.25, -0.2) is 8.78 Å². The zero-order valence-corrected chi connectivity index (χ0v) is 26.7. The summed E-state index contributed by atoms with van der Waals surface area (Å²) >= 11 is 0. The predicted octanol–water partition coefficient (Wildman–Crippen LogP) is 6.17. The van der Waals surface area contributed by atoms with Gasteiger partial charge in [0.1, 0.15) is 23.8 Å². The van der Waals surface area contributed by atoms with Gasteiger partial charge in [0.25, 0.3) is 0 Å². The molecule has 4 aliphatic heterocycles. The Balaban J connectivity index is 1.25. The van der Waals surface area contributed by atoms with Crippen molar-refractivity contribution in [1.29, 1.82) is 0 Å². The Kier molecular flexibility index (Phi) is 6.34. The van der Waals surface area contributed by atoms with Gasteiger partial charge in [0, 0.05) is 58.5 Å². The van der Waals surface area contributed by atoms with Crippen LogP contribution < -0.4 is 15.0 Å². The first-order valence-electron chi connectivity index (χ1n) is 16.7. The fourth-order valence-corrected chi connectivity index (χ4v) is 9.27. The number of fused-ring (bicyclic) bond motifs is 6. The Morgan fingerprint density at radius 2 is 2.02 bits per heavy atom. The molecule has 5 aromatic rings. The number of halogens is 2. The minimum atomic E-state index is -0.769. The first-order chi connectivity index (χ1) is 22.7. The number of nitrogens with one attached hydrogen (secondary N) is 2. The standard InChI is InChI=1S/C37H37F2N7O/c1-4-22-7-5-8-23-13-28-26(16-40-44-28)30(29(22)23)31-27(38)14-25-33(32(31)39)41-35(47-20-37-10-6-12-46(37)17-21(2)15-37)42-34(25)45-18-24-9-11-36(3,19-45)43-24/h1,5,7-8,13-14,16,21,24,43H,6,9-12,15,17-20H2,2-3H3,(H,40,44)/t21-,24?,36+,37+/m1/s1. The molecule has 0 amide bonds. The molecule has 3 aromatic carbocycles. The van der Waals surface area contributed by atoms with Gasteiger partial charge in [-0.15, -0.1) is 6.42 Å². The minimum absolute atomic E-state index is 0.0323. The summed E-state index contributed by atoms with van der Waals surface area (Å²) in [4.78, 5) is 14.3. The number of piperazine rings is 1. The van der Waals surface area contributed by atoms with Crippen molar-refractivity contribution in [3.8, 4) is 29.5 Å². The highest BCUT2D eigenvalue weighted by Crippen LogP contribution is 2.45. The number of H-pyrrole nitrogens is 1. The molecule has 4 aliphatic rings. The summed E-state index contributed by atoms with van der Waals surface area (Å²) in [5.74, 6) is 2.33. The van der Waals surface area contributed by atoms with Crippen LogP contribution in [0.1, 0.15) is 51.5 Å². The molecule has 1 unspecified atom stereocenters. The zero-order chi connectivity index (χ0) is 32.1. The number of nitrogens with zero attached hydrogens (tertiary/aromatic N) is 5. The van der Waals surface area contributed by atoms with E-state index >= 15 is 8.78 Å². The van der Waals surface area contributed by atoms with Crippen molar-refractivity contribution in [2.75, 3.05) is 37.7 Å². The average Bonchev–Trinajstić information content (AvgIpc) is 3.81. The minimum Gasteiger partial charge on any atom is -0.461 e. The summed E-state index contributed by atoms with van der Waals surface area (Å²) < 4.78 is 40.4. The van der Waals surface area contributed by atoms with Crippen LogP contribution in [0, 0.1) is 29.9 Å². The Morgan fingerprint density at radius 1 is 1.13 bits per heavy atom. The van der Waals surface area contributed by atoms with E-state index in [4.69, 9.17) is 21.1 Å². The summed E-state index contributed by atoms with van der Waals surface area (Å²) in [6.07, 6.45) is 12.8. The number of rotatable bonds is 5. The lowest BCUT2D eigenvalue weighted by atomic mass is 9.90. The highest BCUT2D eigenvalue weighted by Gasteiger charge is 2.48. The smallest absolute Gasteiger partial charge is 0.319 e. The number of anilines is 1. The van der Waals surface area contributed by atoms with E-state index in [0.29, 0.717) is 64.2 Å². The van der Waals surface area contributed by atoms with Gasteiger partial charge in [-0.2, -0.15) is 15.1 Å². The largest absolute Gasteiger partial charge is 0.461 e. The highest BCUT2D eigenvalue weighted by molar-refractivity contribution is 6.14. The first kappa shape index (κ1) is 28.9. The lowest BCUT2D eigenvalue weighted by molar-refractivity contribution is 0.107. The van der Waals surface area contributed by atoms with E-state index in [1.54, 1.807) is 12.3 Å². The molecule has 6 heterocycles. The summed E-state index contributed by atoms with van der Waals surface area (Å²) in [7, 11) is 0. The topological polar surface area (TPSA) is 82.2 Å². The Morgan fingerprint density at radius 3 is 2.87 bits per heavy atom. The summed E-state index contributed by atoms with van der Waals surface area (Å²) in [5, 5.41) is 13.2. The van der Waals surface area contributed by atoms with Crippen LogP contribution in [-0.4, -0.2) is 75.0 Å². The fraction of sp³-hybridized carbons (Fsp3) is 0.432. The van der Waals surface area contributed by atoms with Gasteiger partial charge in [0.2, 0.25) is 0 Å². The van der Waals surface area contributed by atoms with Crippen molar-refractivity contribution in [2.24, 2.45) is 5.92 Å². The fourth-order valence-electron chi connectivity index (χ4n) is 9.27. The molecule has 8 nitrogen and oxygen atoms in total. The normalized spacial score (nSPS) is 27.3. The molecule has 0 saturated carbocycles. The lowest BCUT2D eigenvalue weighted by Crippen LogP contribution is -2.58. The van der Waals surface area contributed by atoms with Crippen LogP contribution in [0.5, 0.6) is 6.01 Å². The van der Waals surface area contributed by atoms with Crippen molar-refractivity contribution in [1.82, 2.24) is 30.4 Å². The Bertz CT molecular complexity index is 2140. The molecule has 0 radical (unpaired) electrons. The van der Waals surface area contributed by atoms with Crippen molar-refractivity contribution < 1.29 is 13.5 Å². The van der Waals surface area contributed by atoms with Gasteiger partial charge < -0.3 is 15.0 Å². The molecule has 4 atom stereocenters. The Hall–Kier alpha value is -4.33. The zero-order valence-electron chi connectivity index (χ0n) is 26.7. The quantitative estimate of drug-likeness (QED) is 0.224. The molecule has 2 N–H and O–H groups in total. The number of terminal acetylenes is 1. The second-order valence-corrected chi connectivity index (χ2v) is 14.6. The van der Waals surface area contributed by atoms with Gasteiger partial charge in [-0.05, 0) is 75.1 Å². The van der Waals surface area contributed by atoms with Crippen LogP contribution in [0.3, 0.4) is 0 Å². The maximum atomic E-state index is 17.3. The van der Waals surface area contributed by atoms with Gasteiger partial charge in [0.05, 0.1) is 22.8 Å². The van der Waals surface area contributed by atoms with Gasteiger partial charge >= 0.3 is 6.01 Å². The van der Waals surface area contributed by atoms with Gasteiger partial charge in [0.15, 0.2) is 5.82 Å². The molecular formula is C37H37F2N7O. The number of benzene rings is 3. The number of aromatic amines is 1. The van der Waals surface area contributed by atoms with Gasteiger partial charge in [-0.1, -0.05) is 25.0 Å². The molecule has 47 heavy (non-hydrogen) atoms. The van der Waals surface area contributed by atoms with Crippen LogP contribution in [0.25, 0.3) is 43.7 Å². The van der Waals surface area contributed by atoms with E-state index in [-0.39, 0.29) is 34.2 Å². The van der Waals surface area contributed by atoms with E-state index in [0.717, 1.165) is 50.6 Å². The van der Waals surface area contributed by atoms with E-state index in [1.165, 1.54) is 6.07 Å². The molecule has 240 valence electrons. The third kappa shape index (κ3) is 4.43. The van der Waals surface area contributed by atoms with Crippen molar-refractivity contribution in [3.05, 3.63) is 53.7 Å².